The zero-order valence-corrected chi connectivity index (χ0v) is 21.8. The Labute approximate surface area is 217 Å². The predicted molar refractivity (Wildman–Crippen MR) is 137 cm³/mol. The van der Waals surface area contributed by atoms with Crippen molar-refractivity contribution >= 4 is 29.0 Å². The predicted octanol–water partition coefficient (Wildman–Crippen LogP) is 4.95. The smallest absolute Gasteiger partial charge is 0.409 e. The third-order valence-electron chi connectivity index (χ3n) is 6.88. The van der Waals surface area contributed by atoms with Crippen molar-refractivity contribution in [2.45, 2.75) is 44.7 Å². The summed E-state index contributed by atoms with van der Waals surface area (Å²) in [7, 11) is 3.02. The molecular formula is C26H29F2N5O3S. The summed E-state index contributed by atoms with van der Waals surface area (Å²) >= 11 is 1.05. The van der Waals surface area contributed by atoms with E-state index in [0.29, 0.717) is 17.0 Å². The highest BCUT2D eigenvalue weighted by Crippen LogP contribution is 2.40. The largest absolute Gasteiger partial charge is 0.453 e. The van der Waals surface area contributed by atoms with Crippen LogP contribution in [0, 0.1) is 24.5 Å². The third kappa shape index (κ3) is 5.33. The number of aryl methyl sites for hydroxylation is 1. The quantitative estimate of drug-likeness (QED) is 0.484. The molecular weight excluding hydrogens is 500 g/mol. The van der Waals surface area contributed by atoms with Gasteiger partial charge in [-0.3, -0.25) is 9.78 Å². The Balaban J connectivity index is 1.56. The maximum Gasteiger partial charge on any atom is 0.409 e. The van der Waals surface area contributed by atoms with Gasteiger partial charge >= 0.3 is 6.09 Å². The molecule has 8 nitrogen and oxygen atoms in total. The fraction of sp³-hybridized carbons (Fsp3) is 0.385. The summed E-state index contributed by atoms with van der Waals surface area (Å²) in [6, 6.07) is 4.95. The number of nitrogens with zero attached hydrogens (tertiary/aromatic N) is 3. The summed E-state index contributed by atoms with van der Waals surface area (Å²) in [5.41, 5.74) is 7.74. The zero-order chi connectivity index (χ0) is 26.9. The Kier molecular flexibility index (Phi) is 7.84. The van der Waals surface area contributed by atoms with E-state index in [1.807, 2.05) is 13.0 Å². The van der Waals surface area contributed by atoms with Crippen LogP contribution in [0.25, 0.3) is 10.6 Å². The lowest BCUT2D eigenvalue weighted by molar-refractivity contribution is 0.0778. The van der Waals surface area contributed by atoms with Gasteiger partial charge in [0.2, 0.25) is 0 Å². The molecule has 1 fully saturated rings. The average molecular weight is 530 g/mol. The number of hydrogen-bond donors (Lipinski definition) is 2. The van der Waals surface area contributed by atoms with Crippen molar-refractivity contribution in [2.24, 2.45) is 11.7 Å². The molecule has 1 aliphatic carbocycles. The summed E-state index contributed by atoms with van der Waals surface area (Å²) in [5, 5.41) is 2.97. The van der Waals surface area contributed by atoms with E-state index in [-0.39, 0.29) is 40.2 Å². The number of ether oxygens (including phenoxy) is 1. The number of amides is 2. The van der Waals surface area contributed by atoms with Crippen molar-refractivity contribution in [2.75, 3.05) is 19.5 Å². The molecule has 11 heteroatoms. The molecule has 37 heavy (non-hydrogen) atoms. The number of halogens is 2. The molecule has 3 aromatic rings. The number of benzene rings is 1. The molecule has 0 unspecified atom stereocenters. The van der Waals surface area contributed by atoms with Crippen molar-refractivity contribution in [1.29, 1.82) is 0 Å². The normalized spacial score (nSPS) is 21.4. The first-order valence-corrected chi connectivity index (χ1v) is 12.7. The van der Waals surface area contributed by atoms with E-state index in [4.69, 9.17) is 10.5 Å². The lowest BCUT2D eigenvalue weighted by Crippen LogP contribution is -2.55. The molecule has 2 amide bonds. The number of rotatable bonds is 5. The zero-order valence-electron chi connectivity index (χ0n) is 21.0. The molecule has 0 saturated heterocycles. The lowest BCUT2D eigenvalue weighted by Gasteiger charge is -2.43. The van der Waals surface area contributed by atoms with Crippen LogP contribution in [0.3, 0.4) is 0 Å². The second kappa shape index (κ2) is 10.9. The molecule has 3 N–H and O–H groups in total. The van der Waals surface area contributed by atoms with Gasteiger partial charge in [0.1, 0.15) is 22.3 Å². The number of aromatic nitrogens is 2. The Hall–Kier alpha value is -3.44. The van der Waals surface area contributed by atoms with Gasteiger partial charge < -0.3 is 20.7 Å². The van der Waals surface area contributed by atoms with Gasteiger partial charge in [-0.1, -0.05) is 13.0 Å². The fourth-order valence-corrected chi connectivity index (χ4v) is 6.19. The molecule has 1 aromatic carbocycles. The minimum Gasteiger partial charge on any atom is -0.453 e. The summed E-state index contributed by atoms with van der Waals surface area (Å²) in [4.78, 5) is 35.8. The van der Waals surface area contributed by atoms with Crippen LogP contribution in [0.15, 0.2) is 36.7 Å². The van der Waals surface area contributed by atoms with Crippen LogP contribution in [0.2, 0.25) is 0 Å². The van der Waals surface area contributed by atoms with Gasteiger partial charge in [-0.25, -0.2) is 18.6 Å². The summed E-state index contributed by atoms with van der Waals surface area (Å²) in [6.07, 6.45) is 4.11. The number of pyridine rings is 1. The second-order valence-electron chi connectivity index (χ2n) is 9.32. The van der Waals surface area contributed by atoms with Crippen LogP contribution in [0.4, 0.5) is 19.3 Å². The number of carbonyl (C=O) groups excluding carboxylic acids is 2. The van der Waals surface area contributed by atoms with E-state index < -0.39 is 23.6 Å². The van der Waals surface area contributed by atoms with Crippen LogP contribution >= 0.6 is 11.3 Å². The minimum atomic E-state index is -0.742. The summed E-state index contributed by atoms with van der Waals surface area (Å²) in [6.45, 7) is 3.72. The van der Waals surface area contributed by atoms with Crippen molar-refractivity contribution in [1.82, 2.24) is 14.9 Å². The van der Waals surface area contributed by atoms with E-state index in [1.54, 1.807) is 31.3 Å². The average Bonchev–Trinajstić information content (AvgIpc) is 3.24. The first kappa shape index (κ1) is 26.6. The first-order chi connectivity index (χ1) is 17.6. The monoisotopic (exact) mass is 529 g/mol. The van der Waals surface area contributed by atoms with Crippen molar-refractivity contribution < 1.29 is 23.1 Å². The molecule has 0 radical (unpaired) electrons. The maximum atomic E-state index is 14.3. The Morgan fingerprint density at radius 2 is 1.92 bits per heavy atom. The SMILES string of the molecule is COC(=O)N(C)[C@@H]1[C@H](N)C[C@H](c2ccncc2NC(=O)c2nc(-c3c(F)cccc3F)sc2C)C[C@@H]1C. The topological polar surface area (TPSA) is 110 Å². The third-order valence-corrected chi connectivity index (χ3v) is 7.86. The second-order valence-corrected chi connectivity index (χ2v) is 10.5. The van der Waals surface area contributed by atoms with Crippen LogP contribution < -0.4 is 11.1 Å². The van der Waals surface area contributed by atoms with E-state index >= 15 is 0 Å². The van der Waals surface area contributed by atoms with E-state index in [9.17, 15) is 18.4 Å². The molecule has 4 rings (SSSR count). The van der Waals surface area contributed by atoms with Gasteiger partial charge in [-0.15, -0.1) is 11.3 Å². The van der Waals surface area contributed by atoms with Crippen LogP contribution in [0.1, 0.15) is 46.6 Å². The van der Waals surface area contributed by atoms with Crippen molar-refractivity contribution in [3.05, 3.63) is 64.4 Å². The first-order valence-electron chi connectivity index (χ1n) is 11.9. The maximum absolute atomic E-state index is 14.3. The number of likely N-dealkylation sites (N-methyl/N-ethyl adjacent to an activating group) is 1. The summed E-state index contributed by atoms with van der Waals surface area (Å²) in [5.74, 6) is -1.88. The molecule has 2 aromatic heterocycles. The van der Waals surface area contributed by atoms with Gasteiger partial charge in [0.15, 0.2) is 0 Å². The van der Waals surface area contributed by atoms with Gasteiger partial charge in [-0.2, -0.15) is 0 Å². The Morgan fingerprint density at radius 3 is 2.57 bits per heavy atom. The van der Waals surface area contributed by atoms with Crippen molar-refractivity contribution in [3.8, 4) is 10.6 Å². The van der Waals surface area contributed by atoms with E-state index in [1.165, 1.54) is 13.2 Å². The highest BCUT2D eigenvalue weighted by Gasteiger charge is 2.39. The van der Waals surface area contributed by atoms with Crippen molar-refractivity contribution in [3.63, 3.8) is 0 Å². The van der Waals surface area contributed by atoms with Crippen LogP contribution in [-0.2, 0) is 4.74 Å². The van der Waals surface area contributed by atoms with E-state index in [0.717, 1.165) is 35.5 Å². The van der Waals surface area contributed by atoms with Crippen LogP contribution in [-0.4, -0.2) is 53.1 Å². The number of hydrogen-bond acceptors (Lipinski definition) is 7. The number of anilines is 1. The van der Waals surface area contributed by atoms with Crippen LogP contribution in [0.5, 0.6) is 0 Å². The molecule has 2 heterocycles. The molecule has 0 spiro atoms. The van der Waals surface area contributed by atoms with Gasteiger partial charge in [0, 0.05) is 24.2 Å². The standard InChI is InChI=1S/C26H29F2N5O3S/c1-13-10-15(11-19(29)23(13)33(3)26(35)36-4)16-8-9-30-12-20(16)31-24(34)22-14(2)37-25(32-22)21-17(27)6-5-7-18(21)28/h5-9,12-13,15,19,23H,10-11,29H2,1-4H3,(H,31,34)/t13-,15+,19+,23-/m0/s1. The Bertz CT molecular complexity index is 1280. The van der Waals surface area contributed by atoms with Gasteiger partial charge in [-0.05, 0) is 55.4 Å². The molecule has 0 bridgehead atoms. The number of thiazole rings is 1. The summed E-state index contributed by atoms with van der Waals surface area (Å²) < 4.78 is 33.4. The lowest BCUT2D eigenvalue weighted by atomic mass is 9.73. The molecule has 4 atom stereocenters. The van der Waals surface area contributed by atoms with Gasteiger partial charge in [0.05, 0.1) is 30.6 Å². The fourth-order valence-electron chi connectivity index (χ4n) is 5.23. The highest BCUT2D eigenvalue weighted by molar-refractivity contribution is 7.15. The molecule has 196 valence electrons. The minimum absolute atomic E-state index is 0.0187. The number of nitrogens with one attached hydrogen (secondary N) is 1. The van der Waals surface area contributed by atoms with E-state index in [2.05, 4.69) is 15.3 Å². The highest BCUT2D eigenvalue weighted by atomic mass is 32.1. The number of methoxy groups -OCH3 is 1. The number of nitrogens with two attached hydrogens (primary N) is 1. The molecule has 0 aliphatic heterocycles. The van der Waals surface area contributed by atoms with Gasteiger partial charge in [0.25, 0.3) is 5.91 Å². The molecule has 1 saturated carbocycles. The Morgan fingerprint density at radius 1 is 1.22 bits per heavy atom. The molecule has 1 aliphatic rings. The number of carbonyl (C=O) groups is 2.